The molecule has 0 saturated carbocycles. The van der Waals surface area contributed by atoms with Crippen LogP contribution in [0, 0.1) is 0 Å². The summed E-state index contributed by atoms with van der Waals surface area (Å²) in [7, 11) is 0. The topological polar surface area (TPSA) is 29.0 Å². The molecular weight excluding hydrogens is 266 g/mol. The average Bonchev–Trinajstić information content (AvgIpc) is 2.45. The largest absolute Gasteiger partial charge is 0.352 e. The molecule has 0 aliphatic carbocycles. The van der Waals surface area contributed by atoms with Crippen LogP contribution in [0.25, 0.3) is 0 Å². The molecule has 1 atom stereocenters. The molecule has 0 N–H and O–H groups in total. The van der Waals surface area contributed by atoms with Crippen molar-refractivity contribution in [3.8, 4) is 0 Å². The van der Waals surface area contributed by atoms with E-state index in [-0.39, 0.29) is 0 Å². The fraction of sp³-hybridized carbons (Fsp3) is 0.750. The van der Waals surface area contributed by atoms with Gasteiger partial charge >= 0.3 is 0 Å². The van der Waals surface area contributed by atoms with E-state index >= 15 is 0 Å². The number of hydrogen-bond acceptors (Lipinski definition) is 4. The van der Waals surface area contributed by atoms with Crippen LogP contribution in [0.15, 0.2) is 4.90 Å². The molecule has 0 amide bonds. The highest BCUT2D eigenvalue weighted by molar-refractivity contribution is 7.99. The van der Waals surface area contributed by atoms with Crippen molar-refractivity contribution in [2.45, 2.75) is 69.7 Å². The molecule has 0 aromatic carbocycles. The number of fused-ring (bicyclic) bond motifs is 3. The number of aromatic nitrogens is 2. The Morgan fingerprint density at radius 1 is 1.10 bits per heavy atom. The third kappa shape index (κ3) is 2.43. The first-order valence-electron chi connectivity index (χ1n) is 7.89. The van der Waals surface area contributed by atoms with Gasteiger partial charge in [0.05, 0.1) is 10.6 Å². The molecule has 3 nitrogen and oxygen atoms in total. The smallest absolute Gasteiger partial charge is 0.146 e. The van der Waals surface area contributed by atoms with Crippen LogP contribution in [0.4, 0.5) is 5.82 Å². The Morgan fingerprint density at radius 3 is 2.60 bits per heavy atom. The van der Waals surface area contributed by atoms with Gasteiger partial charge in [-0.05, 0) is 25.2 Å². The minimum atomic E-state index is 0.396. The predicted molar refractivity (Wildman–Crippen MR) is 85.9 cm³/mol. The first-order valence-corrected chi connectivity index (χ1v) is 8.87. The van der Waals surface area contributed by atoms with E-state index < -0.39 is 0 Å². The van der Waals surface area contributed by atoms with Gasteiger partial charge in [-0.2, -0.15) is 0 Å². The molecule has 1 saturated heterocycles. The zero-order chi connectivity index (χ0) is 14.3. The van der Waals surface area contributed by atoms with Crippen molar-refractivity contribution in [3.05, 3.63) is 11.5 Å². The fourth-order valence-corrected chi connectivity index (χ4v) is 4.51. The molecule has 20 heavy (non-hydrogen) atoms. The van der Waals surface area contributed by atoms with Crippen LogP contribution in [-0.4, -0.2) is 28.3 Å². The predicted octanol–water partition coefficient (Wildman–Crippen LogP) is 4.19. The molecule has 110 valence electrons. The molecule has 0 bridgehead atoms. The second-order valence-corrected chi connectivity index (χ2v) is 7.61. The summed E-state index contributed by atoms with van der Waals surface area (Å²) < 4.78 is 0. The van der Waals surface area contributed by atoms with E-state index in [1.165, 1.54) is 48.0 Å². The maximum Gasteiger partial charge on any atom is 0.146 e. The molecule has 1 aromatic rings. The second-order valence-electron chi connectivity index (χ2n) is 6.58. The van der Waals surface area contributed by atoms with Gasteiger partial charge in [0.2, 0.25) is 0 Å². The van der Waals surface area contributed by atoms with Crippen LogP contribution in [0.2, 0.25) is 0 Å². The van der Waals surface area contributed by atoms with E-state index in [0.29, 0.717) is 17.9 Å². The highest BCUT2D eigenvalue weighted by atomic mass is 32.2. The standard InChI is InChI=1S/C16H25N3S/c1-10(2)13-14-16(18-15(17-13)11(3)4)19-8-6-5-7-12(19)9-20-14/h10-12H,5-9H2,1-4H3. The second kappa shape index (κ2) is 5.55. The summed E-state index contributed by atoms with van der Waals surface area (Å²) in [6, 6.07) is 0.691. The average molecular weight is 291 g/mol. The van der Waals surface area contributed by atoms with Gasteiger partial charge in [0.1, 0.15) is 11.6 Å². The summed E-state index contributed by atoms with van der Waals surface area (Å²) in [5.41, 5.74) is 1.26. The van der Waals surface area contributed by atoms with E-state index in [0.717, 1.165) is 5.82 Å². The van der Waals surface area contributed by atoms with Gasteiger partial charge in [-0.1, -0.05) is 27.7 Å². The molecule has 1 unspecified atom stereocenters. The van der Waals surface area contributed by atoms with Crippen LogP contribution < -0.4 is 4.90 Å². The number of hydrogen-bond donors (Lipinski definition) is 0. The molecule has 1 aromatic heterocycles. The molecule has 3 rings (SSSR count). The van der Waals surface area contributed by atoms with Crippen LogP contribution >= 0.6 is 11.8 Å². The van der Waals surface area contributed by atoms with Crippen LogP contribution in [0.3, 0.4) is 0 Å². The van der Waals surface area contributed by atoms with Crippen molar-refractivity contribution >= 4 is 17.6 Å². The molecule has 2 aliphatic rings. The summed E-state index contributed by atoms with van der Waals surface area (Å²) in [5, 5.41) is 0. The van der Waals surface area contributed by atoms with E-state index in [9.17, 15) is 0 Å². The molecular formula is C16H25N3S. The lowest BCUT2D eigenvalue weighted by atomic mass is 10.0. The van der Waals surface area contributed by atoms with E-state index in [4.69, 9.17) is 9.97 Å². The van der Waals surface area contributed by atoms with Crippen molar-refractivity contribution < 1.29 is 0 Å². The normalized spacial score (nSPS) is 22.1. The van der Waals surface area contributed by atoms with E-state index in [2.05, 4.69) is 32.6 Å². The van der Waals surface area contributed by atoms with E-state index in [1.54, 1.807) is 0 Å². The van der Waals surface area contributed by atoms with Crippen LogP contribution in [0.1, 0.15) is 70.3 Å². The zero-order valence-corrected chi connectivity index (χ0v) is 13.8. The Bertz CT molecular complexity index is 499. The lowest BCUT2D eigenvalue weighted by Gasteiger charge is -2.41. The maximum absolute atomic E-state index is 4.93. The third-order valence-corrected chi connectivity index (χ3v) is 5.51. The first kappa shape index (κ1) is 14.2. The van der Waals surface area contributed by atoms with Gasteiger partial charge in [0, 0.05) is 24.3 Å². The molecule has 2 aliphatic heterocycles. The van der Waals surface area contributed by atoms with Crippen LogP contribution in [-0.2, 0) is 0 Å². The maximum atomic E-state index is 4.93. The fourth-order valence-electron chi connectivity index (χ4n) is 3.09. The van der Waals surface area contributed by atoms with Crippen molar-refractivity contribution in [3.63, 3.8) is 0 Å². The van der Waals surface area contributed by atoms with Gasteiger partial charge in [0.15, 0.2) is 0 Å². The number of rotatable bonds is 2. The highest BCUT2D eigenvalue weighted by Crippen LogP contribution is 2.43. The van der Waals surface area contributed by atoms with Crippen molar-refractivity contribution in [2.75, 3.05) is 17.2 Å². The SMILES string of the molecule is CC(C)c1nc(C(C)C)c2c(n1)N1CCCCC1CS2. The Hall–Kier alpha value is -0.770. The number of thioether (sulfide) groups is 1. The van der Waals surface area contributed by atoms with Gasteiger partial charge in [0.25, 0.3) is 0 Å². The molecule has 0 radical (unpaired) electrons. The number of anilines is 1. The summed E-state index contributed by atoms with van der Waals surface area (Å²) >= 11 is 1.98. The van der Waals surface area contributed by atoms with Gasteiger partial charge in [-0.3, -0.25) is 0 Å². The summed E-state index contributed by atoms with van der Waals surface area (Å²) in [6.07, 6.45) is 4.00. The minimum Gasteiger partial charge on any atom is -0.352 e. The number of nitrogens with zero attached hydrogens (tertiary/aromatic N) is 3. The zero-order valence-electron chi connectivity index (χ0n) is 13.0. The first-order chi connectivity index (χ1) is 9.58. The lowest BCUT2D eigenvalue weighted by Crippen LogP contribution is -2.44. The van der Waals surface area contributed by atoms with Crippen molar-refractivity contribution in [1.29, 1.82) is 0 Å². The lowest BCUT2D eigenvalue weighted by molar-refractivity contribution is 0.476. The minimum absolute atomic E-state index is 0.396. The number of piperidine rings is 1. The van der Waals surface area contributed by atoms with E-state index in [1.807, 2.05) is 11.8 Å². The molecule has 1 fully saturated rings. The van der Waals surface area contributed by atoms with Crippen LogP contribution in [0.5, 0.6) is 0 Å². The quantitative estimate of drug-likeness (QED) is 0.817. The Kier molecular flexibility index (Phi) is 3.93. The summed E-state index contributed by atoms with van der Waals surface area (Å²) in [5.74, 6) is 4.32. The Morgan fingerprint density at radius 2 is 1.90 bits per heavy atom. The van der Waals surface area contributed by atoms with Crippen molar-refractivity contribution in [1.82, 2.24) is 9.97 Å². The summed E-state index contributed by atoms with van der Waals surface area (Å²) in [4.78, 5) is 13.7. The van der Waals surface area contributed by atoms with Gasteiger partial charge in [-0.25, -0.2) is 9.97 Å². The molecule has 4 heteroatoms. The Balaban J connectivity index is 2.10. The summed E-state index contributed by atoms with van der Waals surface area (Å²) in [6.45, 7) is 10.0. The third-order valence-electron chi connectivity index (χ3n) is 4.27. The van der Waals surface area contributed by atoms with Crippen molar-refractivity contribution in [2.24, 2.45) is 0 Å². The monoisotopic (exact) mass is 291 g/mol. The molecule has 0 spiro atoms. The molecule has 3 heterocycles. The van der Waals surface area contributed by atoms with Gasteiger partial charge < -0.3 is 4.90 Å². The van der Waals surface area contributed by atoms with Gasteiger partial charge in [-0.15, -0.1) is 11.8 Å². The Labute approximate surface area is 126 Å². The highest BCUT2D eigenvalue weighted by Gasteiger charge is 2.33.